The molecule has 158 valence electrons. The Bertz CT molecular complexity index is 822. The van der Waals surface area contributed by atoms with Crippen LogP contribution in [0.15, 0.2) is 21.5 Å². The molecular weight excluding hydrogens is 459 g/mol. The van der Waals surface area contributed by atoms with Crippen molar-refractivity contribution in [2.75, 3.05) is 18.6 Å². The van der Waals surface area contributed by atoms with Gasteiger partial charge in [0.15, 0.2) is 0 Å². The summed E-state index contributed by atoms with van der Waals surface area (Å²) in [5, 5.41) is 0. The molecule has 9 heteroatoms. The molecule has 1 fully saturated rings. The van der Waals surface area contributed by atoms with Crippen molar-refractivity contribution in [3.63, 3.8) is 0 Å². The quantitative estimate of drug-likeness (QED) is 0.566. The molecule has 0 bridgehead atoms. The van der Waals surface area contributed by atoms with Gasteiger partial charge in [-0.2, -0.15) is 0 Å². The van der Waals surface area contributed by atoms with Crippen LogP contribution in [0.4, 0.5) is 18.9 Å². The number of rotatable bonds is 5. The van der Waals surface area contributed by atoms with Crippen LogP contribution in [0.1, 0.15) is 45.4 Å². The molecule has 1 aliphatic heterocycles. The second-order valence-electron chi connectivity index (χ2n) is 7.81. The highest BCUT2D eigenvalue weighted by molar-refractivity contribution is 9.10. The zero-order valence-corrected chi connectivity index (χ0v) is 18.3. The number of nitrogens with zero attached hydrogens (tertiary/aromatic N) is 1. The van der Waals surface area contributed by atoms with Crippen molar-refractivity contribution < 1.29 is 26.3 Å². The van der Waals surface area contributed by atoms with E-state index in [-0.39, 0.29) is 23.9 Å². The molecule has 2 atom stereocenters. The largest absolute Gasteiger partial charge is 0.496 e. The second-order valence-corrected chi connectivity index (χ2v) is 10.6. The van der Waals surface area contributed by atoms with Gasteiger partial charge in [0.1, 0.15) is 5.75 Å². The molecule has 0 aromatic heterocycles. The lowest BCUT2D eigenvalue weighted by atomic mass is 9.99. The van der Waals surface area contributed by atoms with E-state index in [1.807, 2.05) is 4.90 Å². The van der Waals surface area contributed by atoms with Gasteiger partial charge in [0.25, 0.3) is 0 Å². The van der Waals surface area contributed by atoms with Gasteiger partial charge in [-0.3, -0.25) is 0 Å². The molecule has 0 N–H and O–H groups in total. The van der Waals surface area contributed by atoms with E-state index in [2.05, 4.69) is 15.9 Å². The van der Waals surface area contributed by atoms with E-state index >= 15 is 4.39 Å². The van der Waals surface area contributed by atoms with E-state index in [0.717, 1.165) is 32.6 Å². The Morgan fingerprint density at radius 3 is 2.50 bits per heavy atom. The molecule has 28 heavy (non-hydrogen) atoms. The first-order valence-corrected chi connectivity index (χ1v) is 11.8. The molecule has 1 heterocycles. The molecule has 1 aromatic rings. The van der Waals surface area contributed by atoms with E-state index in [1.165, 1.54) is 13.2 Å². The summed E-state index contributed by atoms with van der Waals surface area (Å²) in [7, 11) is -2.93. The topological polar surface area (TPSA) is 46.6 Å². The minimum atomic E-state index is -4.34. The minimum absolute atomic E-state index is 0.0733. The van der Waals surface area contributed by atoms with Crippen molar-refractivity contribution in [3.8, 4) is 5.75 Å². The van der Waals surface area contributed by atoms with Crippen LogP contribution >= 0.6 is 15.9 Å². The fourth-order valence-corrected chi connectivity index (χ4v) is 6.37. The Morgan fingerprint density at radius 1 is 1.29 bits per heavy atom. The van der Waals surface area contributed by atoms with Gasteiger partial charge in [0.2, 0.25) is 21.3 Å². The van der Waals surface area contributed by atoms with Crippen LogP contribution in [0, 0.1) is 5.92 Å². The maximum Gasteiger partial charge on any atom is 0.245 e. The zero-order valence-electron chi connectivity index (χ0n) is 15.9. The number of halogens is 4. The van der Waals surface area contributed by atoms with E-state index in [9.17, 15) is 17.2 Å². The van der Waals surface area contributed by atoms with E-state index in [1.54, 1.807) is 6.07 Å². The monoisotopic (exact) mass is 483 g/mol. The first kappa shape index (κ1) is 21.7. The normalized spacial score (nSPS) is 25.4. The number of anilines is 1. The van der Waals surface area contributed by atoms with Crippen molar-refractivity contribution in [1.29, 1.82) is 0 Å². The van der Waals surface area contributed by atoms with Crippen LogP contribution in [-0.2, 0) is 9.84 Å². The number of ether oxygens (including phenoxy) is 1. The van der Waals surface area contributed by atoms with Crippen molar-refractivity contribution in [2.24, 2.45) is 5.92 Å². The molecule has 0 spiro atoms. The lowest BCUT2D eigenvalue weighted by molar-refractivity contribution is 0.00514. The van der Waals surface area contributed by atoms with Gasteiger partial charge in [-0.1, -0.05) is 12.8 Å². The number of methoxy groups -OCH3 is 1. The number of hydrogen-bond acceptors (Lipinski definition) is 4. The van der Waals surface area contributed by atoms with Crippen LogP contribution in [0.3, 0.4) is 0 Å². The van der Waals surface area contributed by atoms with Crippen LogP contribution in [0.25, 0.3) is 0 Å². The van der Waals surface area contributed by atoms with E-state index in [0.29, 0.717) is 15.9 Å². The summed E-state index contributed by atoms with van der Waals surface area (Å²) in [5.41, 5.74) is -1.81. The van der Waals surface area contributed by atoms with Gasteiger partial charge in [-0.05, 0) is 48.2 Å². The first-order valence-electron chi connectivity index (χ1n) is 9.44. The highest BCUT2D eigenvalue weighted by Crippen LogP contribution is 2.44. The average Bonchev–Trinajstić information content (AvgIpc) is 3.12. The Balaban J connectivity index is 2.09. The number of benzene rings is 1. The highest BCUT2D eigenvalue weighted by Gasteiger charge is 2.44. The fraction of sp³-hybridized carbons (Fsp3) is 0.684. The lowest BCUT2D eigenvalue weighted by Crippen LogP contribution is -2.39. The molecule has 0 radical (unpaired) electrons. The van der Waals surface area contributed by atoms with Crippen molar-refractivity contribution in [2.45, 2.75) is 67.8 Å². The molecule has 2 unspecified atom stereocenters. The van der Waals surface area contributed by atoms with Gasteiger partial charge in [-0.15, -0.1) is 0 Å². The standard InChI is InChI=1S/C19H25BrF3NO3S/c1-19(22,23)8-7-12-11-24(13-5-3-4-6-13)15-9-14(20)16(27-2)10-17(15)28(25,26)18(12)21/h9-10,12-13,18H,3-8,11H2,1-2H3. The predicted molar refractivity (Wildman–Crippen MR) is 106 cm³/mol. The smallest absolute Gasteiger partial charge is 0.245 e. The third-order valence-corrected chi connectivity index (χ3v) is 8.20. The molecule has 0 amide bonds. The fourth-order valence-electron chi connectivity index (χ4n) is 4.16. The Hall–Kier alpha value is -0.960. The molecule has 1 saturated carbocycles. The molecule has 2 aliphatic rings. The van der Waals surface area contributed by atoms with Crippen LogP contribution < -0.4 is 9.64 Å². The summed E-state index contributed by atoms with van der Waals surface area (Å²) < 4.78 is 73.9. The van der Waals surface area contributed by atoms with Crippen LogP contribution in [0.5, 0.6) is 5.75 Å². The van der Waals surface area contributed by atoms with Gasteiger partial charge in [0, 0.05) is 31.0 Å². The lowest BCUT2D eigenvalue weighted by Gasteiger charge is -2.33. The highest BCUT2D eigenvalue weighted by atomic mass is 79.9. The third-order valence-electron chi connectivity index (χ3n) is 5.67. The van der Waals surface area contributed by atoms with E-state index in [4.69, 9.17) is 4.74 Å². The maximum atomic E-state index is 15.2. The predicted octanol–water partition coefficient (Wildman–Crippen LogP) is 5.34. The molecule has 1 aromatic carbocycles. The summed E-state index contributed by atoms with van der Waals surface area (Å²) >= 11 is 3.38. The zero-order chi connectivity index (χ0) is 20.7. The average molecular weight is 484 g/mol. The molecule has 4 nitrogen and oxygen atoms in total. The van der Waals surface area contributed by atoms with Crippen molar-refractivity contribution in [1.82, 2.24) is 0 Å². The summed E-state index contributed by atoms with van der Waals surface area (Å²) in [5.74, 6) is -3.69. The molecule has 3 rings (SSSR count). The van der Waals surface area contributed by atoms with Crippen LogP contribution in [0.2, 0.25) is 0 Å². The third kappa shape index (κ3) is 4.30. The van der Waals surface area contributed by atoms with E-state index < -0.39 is 33.6 Å². The first-order chi connectivity index (χ1) is 13.0. The Labute approximate surface area is 172 Å². The van der Waals surface area contributed by atoms with Crippen molar-refractivity contribution >= 4 is 31.5 Å². The van der Waals surface area contributed by atoms with Crippen molar-refractivity contribution in [3.05, 3.63) is 16.6 Å². The summed E-state index contributed by atoms with van der Waals surface area (Å²) in [6.45, 7) is 0.879. The number of fused-ring (bicyclic) bond motifs is 1. The number of hydrogen-bond donors (Lipinski definition) is 0. The summed E-state index contributed by atoms with van der Waals surface area (Å²) in [6.07, 6.45) is 3.02. The van der Waals surface area contributed by atoms with Gasteiger partial charge in [-0.25, -0.2) is 21.6 Å². The number of alkyl halides is 3. The Kier molecular flexibility index (Phi) is 6.25. The van der Waals surface area contributed by atoms with Gasteiger partial charge in [0.05, 0.1) is 22.2 Å². The molecule has 0 saturated heterocycles. The van der Waals surface area contributed by atoms with Gasteiger partial charge < -0.3 is 9.64 Å². The van der Waals surface area contributed by atoms with Crippen LogP contribution in [-0.4, -0.2) is 39.5 Å². The minimum Gasteiger partial charge on any atom is -0.496 e. The number of sulfone groups is 1. The van der Waals surface area contributed by atoms with Gasteiger partial charge >= 0.3 is 0 Å². The maximum absolute atomic E-state index is 15.2. The molecular formula is C19H25BrF3NO3S. The molecule has 1 aliphatic carbocycles. The Morgan fingerprint density at radius 2 is 1.93 bits per heavy atom. The summed E-state index contributed by atoms with van der Waals surface area (Å²) in [4.78, 5) is 1.79. The summed E-state index contributed by atoms with van der Waals surface area (Å²) in [6, 6.07) is 3.05. The SMILES string of the molecule is COc1cc2c(cc1Br)N(C1CCCC1)CC(CCC(C)(F)F)C(F)S2(=O)=O. The second kappa shape index (κ2) is 8.05.